The molecule has 150 valence electrons. The van der Waals surface area contributed by atoms with E-state index in [9.17, 15) is 22.7 Å². The molecule has 0 unspecified atom stereocenters. The van der Waals surface area contributed by atoms with Crippen molar-refractivity contribution in [3.63, 3.8) is 0 Å². The summed E-state index contributed by atoms with van der Waals surface area (Å²) in [7, 11) is -2.88. The number of nitrogens with zero attached hydrogens (tertiary/aromatic N) is 2. The van der Waals surface area contributed by atoms with Gasteiger partial charge in [-0.2, -0.15) is 17.4 Å². The van der Waals surface area contributed by atoms with Crippen LogP contribution in [-0.4, -0.2) is 43.7 Å². The second kappa shape index (κ2) is 7.82. The molecule has 28 heavy (non-hydrogen) atoms. The number of ether oxygens (including phenoxy) is 1. The molecule has 0 aliphatic heterocycles. The van der Waals surface area contributed by atoms with Gasteiger partial charge in [-0.1, -0.05) is 0 Å². The first kappa shape index (κ1) is 20.2. The van der Waals surface area contributed by atoms with Gasteiger partial charge in [0.2, 0.25) is 0 Å². The summed E-state index contributed by atoms with van der Waals surface area (Å²) in [5.74, 6) is -1.20. The van der Waals surface area contributed by atoms with Crippen molar-refractivity contribution in [2.24, 2.45) is 0 Å². The number of pyridine rings is 1. The van der Waals surface area contributed by atoms with E-state index in [1.165, 1.54) is 38.3 Å². The number of carbonyl (C=O) groups is 1. The summed E-state index contributed by atoms with van der Waals surface area (Å²) < 4.78 is 47.4. The zero-order chi connectivity index (χ0) is 20.5. The van der Waals surface area contributed by atoms with Crippen molar-refractivity contribution in [3.05, 3.63) is 53.5 Å². The van der Waals surface area contributed by atoms with Crippen LogP contribution in [-0.2, 0) is 10.2 Å². The highest BCUT2D eigenvalue weighted by molar-refractivity contribution is 7.91. The highest BCUT2D eigenvalue weighted by Gasteiger charge is 2.37. The number of hydrogen-bond acceptors (Lipinski definition) is 6. The van der Waals surface area contributed by atoms with Gasteiger partial charge in [0.15, 0.2) is 5.82 Å². The third kappa shape index (κ3) is 4.13. The van der Waals surface area contributed by atoms with Crippen molar-refractivity contribution in [1.82, 2.24) is 9.71 Å². The van der Waals surface area contributed by atoms with Crippen LogP contribution in [0, 0.1) is 12.7 Å². The highest BCUT2D eigenvalue weighted by atomic mass is 32.2. The van der Waals surface area contributed by atoms with Crippen LogP contribution >= 0.6 is 0 Å². The average Bonchev–Trinajstić information content (AvgIpc) is 2.63. The molecule has 1 aromatic carbocycles. The molecule has 2 aromatic rings. The number of aromatic nitrogens is 1. The van der Waals surface area contributed by atoms with Crippen molar-refractivity contribution in [2.45, 2.75) is 31.9 Å². The largest absolute Gasteiger partial charge is 0.497 e. The fourth-order valence-electron chi connectivity index (χ4n) is 2.78. The van der Waals surface area contributed by atoms with E-state index >= 15 is 0 Å². The van der Waals surface area contributed by atoms with Crippen LogP contribution in [0.2, 0.25) is 0 Å². The number of nitrogens with one attached hydrogen (secondary N) is 1. The Bertz CT molecular complexity index is 975. The lowest BCUT2D eigenvalue weighted by atomic mass is 9.91. The van der Waals surface area contributed by atoms with Crippen LogP contribution < -0.4 is 13.8 Å². The summed E-state index contributed by atoms with van der Waals surface area (Å²) in [4.78, 5) is 16.9. The smallest absolute Gasteiger partial charge is 0.309 e. The fourth-order valence-corrected chi connectivity index (χ4v) is 4.17. The second-order valence-electron chi connectivity index (χ2n) is 6.48. The molecule has 1 aromatic heterocycles. The van der Waals surface area contributed by atoms with E-state index in [1.807, 2.05) is 0 Å². The van der Waals surface area contributed by atoms with E-state index in [-0.39, 0.29) is 29.9 Å². The van der Waals surface area contributed by atoms with Crippen LogP contribution in [0.5, 0.6) is 5.75 Å². The van der Waals surface area contributed by atoms with Gasteiger partial charge in [0.1, 0.15) is 11.6 Å². The Labute approximate surface area is 162 Å². The van der Waals surface area contributed by atoms with Crippen molar-refractivity contribution in [3.8, 4) is 5.75 Å². The minimum absolute atomic E-state index is 0.0423. The summed E-state index contributed by atoms with van der Waals surface area (Å²) in [6.07, 6.45) is -0.0797. The lowest BCUT2D eigenvalue weighted by Crippen LogP contribution is -2.53. The molecule has 1 fully saturated rings. The number of anilines is 1. The van der Waals surface area contributed by atoms with Crippen LogP contribution in [0.1, 0.15) is 28.9 Å². The number of amides is 1. The summed E-state index contributed by atoms with van der Waals surface area (Å²) >= 11 is 0. The molecule has 0 saturated heterocycles. The Kier molecular flexibility index (Phi) is 5.64. The third-order valence-electron chi connectivity index (χ3n) is 4.41. The van der Waals surface area contributed by atoms with Gasteiger partial charge in [-0.15, -0.1) is 0 Å². The first-order chi connectivity index (χ1) is 13.2. The van der Waals surface area contributed by atoms with Gasteiger partial charge in [-0.25, -0.2) is 9.37 Å². The Morgan fingerprint density at radius 1 is 1.25 bits per heavy atom. The van der Waals surface area contributed by atoms with Gasteiger partial charge in [0.05, 0.1) is 18.9 Å². The van der Waals surface area contributed by atoms with Crippen molar-refractivity contribution >= 4 is 21.9 Å². The minimum atomic E-state index is -4.35. The highest BCUT2D eigenvalue weighted by Crippen LogP contribution is 2.25. The molecule has 1 aliphatic carbocycles. The number of carbonyl (C=O) groups excluding carboxylic acids is 1. The number of methoxy groups -OCH3 is 1. The Morgan fingerprint density at radius 3 is 2.43 bits per heavy atom. The number of rotatable bonds is 6. The topological polar surface area (TPSA) is 109 Å². The number of aliphatic hydroxyl groups excluding tert-OH is 1. The van der Waals surface area contributed by atoms with Gasteiger partial charge in [-0.3, -0.25) is 4.79 Å². The number of benzene rings is 1. The molecule has 1 aliphatic rings. The maximum Gasteiger partial charge on any atom is 0.309 e. The Balaban J connectivity index is 1.99. The molecular weight excluding hydrogens is 389 g/mol. The Morgan fingerprint density at radius 2 is 1.89 bits per heavy atom. The normalized spacial score (nSPS) is 19.0. The van der Waals surface area contributed by atoms with Gasteiger partial charge >= 0.3 is 10.2 Å². The summed E-state index contributed by atoms with van der Waals surface area (Å²) in [5, 5.41) is 9.39. The number of hydrogen-bond donors (Lipinski definition) is 2. The molecule has 1 saturated carbocycles. The maximum absolute atomic E-state index is 13.6. The molecule has 1 heterocycles. The quantitative estimate of drug-likeness (QED) is 0.749. The van der Waals surface area contributed by atoms with E-state index in [0.717, 1.165) is 12.1 Å². The van der Waals surface area contributed by atoms with Crippen LogP contribution in [0.25, 0.3) is 0 Å². The molecular formula is C18H20FN3O5S. The minimum Gasteiger partial charge on any atom is -0.497 e. The molecule has 3 rings (SSSR count). The molecule has 2 N–H and O–H groups in total. The summed E-state index contributed by atoms with van der Waals surface area (Å²) in [6, 6.07) is 7.58. The van der Waals surface area contributed by atoms with Crippen molar-refractivity contribution < 1.29 is 27.4 Å². The van der Waals surface area contributed by atoms with E-state index < -0.39 is 34.1 Å². The van der Waals surface area contributed by atoms with Crippen LogP contribution in [0.15, 0.2) is 36.4 Å². The van der Waals surface area contributed by atoms with Crippen LogP contribution in [0.3, 0.4) is 0 Å². The zero-order valence-electron chi connectivity index (χ0n) is 15.3. The van der Waals surface area contributed by atoms with Crippen LogP contribution in [0.4, 0.5) is 10.2 Å². The predicted molar refractivity (Wildman–Crippen MR) is 99.8 cm³/mol. The standard InChI is InChI=1S/C18H20FN3O5S/c1-11-16(19)7-8-17(20-11)22(28(25,26)21-13-9-14(23)10-13)18(24)12-3-5-15(27-2)6-4-12/h3-8,13-14,21,23H,9-10H2,1-2H3. The Hall–Kier alpha value is -2.56. The molecule has 0 spiro atoms. The maximum atomic E-state index is 13.6. The van der Waals surface area contributed by atoms with Gasteiger partial charge < -0.3 is 9.84 Å². The number of aliphatic hydroxyl groups is 1. The SMILES string of the molecule is COc1ccc(C(=O)N(c2ccc(F)c(C)n2)S(=O)(=O)NC2CC(O)C2)cc1. The van der Waals surface area contributed by atoms with E-state index in [0.29, 0.717) is 10.1 Å². The summed E-state index contributed by atoms with van der Waals surface area (Å²) in [5.41, 5.74) is 0.0443. The molecule has 0 bridgehead atoms. The van der Waals surface area contributed by atoms with E-state index in [4.69, 9.17) is 4.74 Å². The van der Waals surface area contributed by atoms with E-state index in [2.05, 4.69) is 9.71 Å². The average molecular weight is 409 g/mol. The van der Waals surface area contributed by atoms with Crippen molar-refractivity contribution in [2.75, 3.05) is 11.4 Å². The molecule has 0 radical (unpaired) electrons. The second-order valence-corrected chi connectivity index (χ2v) is 8.03. The van der Waals surface area contributed by atoms with Gasteiger partial charge in [-0.05, 0) is 56.2 Å². The number of aryl methyl sites for hydroxylation is 1. The fraction of sp³-hybridized carbons (Fsp3) is 0.333. The van der Waals surface area contributed by atoms with E-state index in [1.54, 1.807) is 0 Å². The number of halogens is 1. The van der Waals surface area contributed by atoms with Gasteiger partial charge in [0.25, 0.3) is 5.91 Å². The predicted octanol–water partition coefficient (Wildman–Crippen LogP) is 1.54. The first-order valence-corrected chi connectivity index (χ1v) is 9.97. The molecule has 10 heteroatoms. The van der Waals surface area contributed by atoms with Gasteiger partial charge in [0, 0.05) is 11.6 Å². The lowest BCUT2D eigenvalue weighted by molar-refractivity contribution is 0.0711. The molecule has 8 nitrogen and oxygen atoms in total. The monoisotopic (exact) mass is 409 g/mol. The van der Waals surface area contributed by atoms with Crippen molar-refractivity contribution in [1.29, 1.82) is 0 Å². The lowest BCUT2D eigenvalue weighted by Gasteiger charge is -2.33. The third-order valence-corrected chi connectivity index (χ3v) is 5.87. The zero-order valence-corrected chi connectivity index (χ0v) is 16.1. The summed E-state index contributed by atoms with van der Waals surface area (Å²) in [6.45, 7) is 1.37. The molecule has 0 atom stereocenters. The first-order valence-electron chi connectivity index (χ1n) is 8.53. The molecule has 1 amide bonds.